The lowest BCUT2D eigenvalue weighted by Gasteiger charge is -2.04. The maximum absolute atomic E-state index is 10.7. The number of carboxylic acid groups (broad SMARTS) is 1. The molecule has 21 heavy (non-hydrogen) atoms. The highest BCUT2D eigenvalue weighted by Gasteiger charge is 2.09. The van der Waals surface area contributed by atoms with Gasteiger partial charge in [-0.25, -0.2) is 0 Å². The molecule has 2 nitrogen and oxygen atoms in total. The van der Waals surface area contributed by atoms with E-state index in [1.54, 1.807) is 6.92 Å². The summed E-state index contributed by atoms with van der Waals surface area (Å²) in [6, 6.07) is 0. The lowest BCUT2D eigenvalue weighted by atomic mass is 10.0. The van der Waals surface area contributed by atoms with Crippen molar-refractivity contribution in [3.8, 4) is 0 Å². The minimum atomic E-state index is -0.660. The van der Waals surface area contributed by atoms with Crippen LogP contribution in [-0.2, 0) is 4.79 Å². The van der Waals surface area contributed by atoms with E-state index in [1.807, 2.05) is 0 Å². The number of allylic oxidation sites excluding steroid dienone is 2. The van der Waals surface area contributed by atoms with Gasteiger partial charge in [-0.3, -0.25) is 4.79 Å². The van der Waals surface area contributed by atoms with Gasteiger partial charge in [-0.05, 0) is 32.1 Å². The van der Waals surface area contributed by atoms with E-state index >= 15 is 0 Å². The molecule has 0 aromatic rings. The van der Waals surface area contributed by atoms with E-state index in [1.165, 1.54) is 70.6 Å². The molecule has 0 aromatic carbocycles. The molecule has 1 unspecified atom stereocenters. The third kappa shape index (κ3) is 15.4. The average Bonchev–Trinajstić information content (AvgIpc) is 2.47. The van der Waals surface area contributed by atoms with Gasteiger partial charge in [0.1, 0.15) is 0 Å². The van der Waals surface area contributed by atoms with Gasteiger partial charge in [-0.2, -0.15) is 0 Å². The number of hydrogen-bond acceptors (Lipinski definition) is 1. The topological polar surface area (TPSA) is 37.3 Å². The van der Waals surface area contributed by atoms with Crippen molar-refractivity contribution in [1.82, 2.24) is 0 Å². The Morgan fingerprint density at radius 3 is 1.86 bits per heavy atom. The Labute approximate surface area is 132 Å². The first-order valence-electron chi connectivity index (χ1n) is 9.06. The fourth-order valence-corrected chi connectivity index (χ4v) is 2.47. The molecule has 0 bridgehead atoms. The zero-order chi connectivity index (χ0) is 15.8. The molecule has 0 aliphatic heterocycles. The number of hydrogen-bond donors (Lipinski definition) is 1. The average molecular weight is 296 g/mol. The third-order valence-electron chi connectivity index (χ3n) is 4.07. The molecule has 0 spiro atoms. The minimum absolute atomic E-state index is 0.178. The molecule has 0 radical (unpaired) electrons. The van der Waals surface area contributed by atoms with Gasteiger partial charge >= 0.3 is 5.97 Å². The smallest absolute Gasteiger partial charge is 0.306 e. The maximum Gasteiger partial charge on any atom is 0.306 e. The van der Waals surface area contributed by atoms with Crippen molar-refractivity contribution in [2.75, 3.05) is 0 Å². The number of carboxylic acids is 1. The molecule has 2 heteroatoms. The van der Waals surface area contributed by atoms with Crippen LogP contribution in [0.4, 0.5) is 0 Å². The van der Waals surface area contributed by atoms with Crippen LogP contribution in [0.15, 0.2) is 12.2 Å². The van der Waals surface area contributed by atoms with E-state index in [-0.39, 0.29) is 5.92 Å². The Balaban J connectivity index is 3.17. The van der Waals surface area contributed by atoms with Crippen molar-refractivity contribution in [2.24, 2.45) is 5.92 Å². The number of aliphatic carboxylic acids is 1. The van der Waals surface area contributed by atoms with Crippen molar-refractivity contribution in [3.63, 3.8) is 0 Å². The Morgan fingerprint density at radius 1 is 0.857 bits per heavy atom. The van der Waals surface area contributed by atoms with Gasteiger partial charge in [-0.15, -0.1) is 0 Å². The third-order valence-corrected chi connectivity index (χ3v) is 4.07. The quantitative estimate of drug-likeness (QED) is 0.282. The fraction of sp³-hybridized carbons (Fsp3) is 0.842. The summed E-state index contributed by atoms with van der Waals surface area (Å²) in [5, 5.41) is 8.78. The summed E-state index contributed by atoms with van der Waals surface area (Å²) in [6.45, 7) is 4.06. The summed E-state index contributed by atoms with van der Waals surface area (Å²) in [7, 11) is 0. The van der Waals surface area contributed by atoms with E-state index in [2.05, 4.69) is 19.1 Å². The first-order chi connectivity index (χ1) is 10.2. The normalized spacial score (nSPS) is 12.9. The predicted molar refractivity (Wildman–Crippen MR) is 91.6 cm³/mol. The zero-order valence-electron chi connectivity index (χ0n) is 14.3. The molecule has 0 aliphatic carbocycles. The van der Waals surface area contributed by atoms with Crippen LogP contribution in [0.25, 0.3) is 0 Å². The molecular weight excluding hydrogens is 260 g/mol. The largest absolute Gasteiger partial charge is 0.481 e. The van der Waals surface area contributed by atoms with Gasteiger partial charge in [-0.1, -0.05) is 77.4 Å². The summed E-state index contributed by atoms with van der Waals surface area (Å²) in [4.78, 5) is 10.7. The van der Waals surface area contributed by atoms with Gasteiger partial charge in [0, 0.05) is 0 Å². The van der Waals surface area contributed by atoms with Crippen molar-refractivity contribution < 1.29 is 9.90 Å². The molecule has 0 saturated carbocycles. The summed E-state index contributed by atoms with van der Waals surface area (Å²) in [6.07, 6.45) is 20.8. The summed E-state index contributed by atoms with van der Waals surface area (Å²) >= 11 is 0. The standard InChI is InChI=1S/C19H36O2/c1-3-4-5-6-7-8-9-10-11-12-13-14-15-16-17-18(2)19(20)21/h10-11,18H,3-9,12-17H2,1-2H3,(H,20,21). The fourth-order valence-electron chi connectivity index (χ4n) is 2.47. The Bertz CT molecular complexity index is 258. The van der Waals surface area contributed by atoms with Crippen molar-refractivity contribution >= 4 is 5.97 Å². The molecule has 0 fully saturated rings. The van der Waals surface area contributed by atoms with Crippen LogP contribution in [0.2, 0.25) is 0 Å². The minimum Gasteiger partial charge on any atom is -0.481 e. The van der Waals surface area contributed by atoms with Gasteiger partial charge < -0.3 is 5.11 Å². The lowest BCUT2D eigenvalue weighted by molar-refractivity contribution is -0.141. The van der Waals surface area contributed by atoms with Crippen LogP contribution in [0.3, 0.4) is 0 Å². The van der Waals surface area contributed by atoms with Gasteiger partial charge in [0.05, 0.1) is 5.92 Å². The van der Waals surface area contributed by atoms with E-state index in [0.29, 0.717) is 0 Å². The van der Waals surface area contributed by atoms with Crippen molar-refractivity contribution in [3.05, 3.63) is 12.2 Å². The van der Waals surface area contributed by atoms with E-state index < -0.39 is 5.97 Å². The maximum atomic E-state index is 10.7. The Kier molecular flexibility index (Phi) is 15.0. The molecule has 1 atom stereocenters. The SMILES string of the molecule is CCCCCCCCC=CCCCCCCC(C)C(=O)O. The molecule has 0 heterocycles. The molecule has 0 amide bonds. The first kappa shape index (κ1) is 20.2. The lowest BCUT2D eigenvalue weighted by Crippen LogP contribution is -2.08. The molecular formula is C19H36O2. The second-order valence-corrected chi connectivity index (χ2v) is 6.26. The molecule has 0 aliphatic rings. The Hall–Kier alpha value is -0.790. The van der Waals surface area contributed by atoms with E-state index in [4.69, 9.17) is 5.11 Å². The number of unbranched alkanes of at least 4 members (excludes halogenated alkanes) is 10. The van der Waals surface area contributed by atoms with Crippen LogP contribution in [-0.4, -0.2) is 11.1 Å². The molecule has 124 valence electrons. The zero-order valence-corrected chi connectivity index (χ0v) is 14.3. The highest BCUT2D eigenvalue weighted by molar-refractivity contribution is 5.69. The van der Waals surface area contributed by atoms with Crippen LogP contribution in [0.5, 0.6) is 0 Å². The first-order valence-corrected chi connectivity index (χ1v) is 9.06. The molecule has 0 saturated heterocycles. The van der Waals surface area contributed by atoms with Gasteiger partial charge in [0.15, 0.2) is 0 Å². The molecule has 0 rings (SSSR count). The molecule has 0 aromatic heterocycles. The van der Waals surface area contributed by atoms with Crippen LogP contribution < -0.4 is 0 Å². The van der Waals surface area contributed by atoms with Crippen LogP contribution >= 0.6 is 0 Å². The summed E-state index contributed by atoms with van der Waals surface area (Å²) < 4.78 is 0. The second kappa shape index (κ2) is 15.6. The van der Waals surface area contributed by atoms with Crippen molar-refractivity contribution in [1.29, 1.82) is 0 Å². The summed E-state index contributed by atoms with van der Waals surface area (Å²) in [5.74, 6) is -0.838. The Morgan fingerprint density at radius 2 is 1.33 bits per heavy atom. The molecule has 1 N–H and O–H groups in total. The highest BCUT2D eigenvalue weighted by Crippen LogP contribution is 2.12. The number of carbonyl (C=O) groups is 1. The van der Waals surface area contributed by atoms with E-state index in [9.17, 15) is 4.79 Å². The van der Waals surface area contributed by atoms with Crippen molar-refractivity contribution in [2.45, 2.75) is 97.3 Å². The summed E-state index contributed by atoms with van der Waals surface area (Å²) in [5.41, 5.74) is 0. The van der Waals surface area contributed by atoms with Crippen LogP contribution in [0.1, 0.15) is 97.3 Å². The second-order valence-electron chi connectivity index (χ2n) is 6.26. The van der Waals surface area contributed by atoms with Crippen LogP contribution in [0, 0.1) is 5.92 Å². The highest BCUT2D eigenvalue weighted by atomic mass is 16.4. The van der Waals surface area contributed by atoms with Gasteiger partial charge in [0.2, 0.25) is 0 Å². The predicted octanol–water partition coefficient (Wildman–Crippen LogP) is 6.35. The van der Waals surface area contributed by atoms with Gasteiger partial charge in [0.25, 0.3) is 0 Å². The van der Waals surface area contributed by atoms with E-state index in [0.717, 1.165) is 12.8 Å². The number of rotatable bonds is 15. The monoisotopic (exact) mass is 296 g/mol.